The highest BCUT2D eigenvalue weighted by atomic mass is 32.1. The van der Waals surface area contributed by atoms with Gasteiger partial charge in [-0.15, -0.1) is 10.2 Å². The van der Waals surface area contributed by atoms with Crippen molar-refractivity contribution in [3.8, 4) is 0 Å². The van der Waals surface area contributed by atoms with Crippen LogP contribution in [0.2, 0.25) is 0 Å². The van der Waals surface area contributed by atoms with Crippen LogP contribution in [0.25, 0.3) is 0 Å². The second-order valence-electron chi connectivity index (χ2n) is 3.87. The van der Waals surface area contributed by atoms with Gasteiger partial charge in [-0.3, -0.25) is 9.69 Å². The van der Waals surface area contributed by atoms with Crippen LogP contribution in [0.5, 0.6) is 0 Å². The van der Waals surface area contributed by atoms with E-state index in [9.17, 15) is 9.59 Å². The molecule has 0 aliphatic carbocycles. The van der Waals surface area contributed by atoms with E-state index in [2.05, 4.69) is 10.2 Å². The number of aliphatic hydroxyl groups excluding tert-OH is 1. The lowest BCUT2D eigenvalue weighted by atomic mass is 10.1. The van der Waals surface area contributed by atoms with Crippen molar-refractivity contribution < 1.29 is 19.4 Å². The van der Waals surface area contributed by atoms with Gasteiger partial charge >= 0.3 is 5.97 Å². The molecule has 1 aliphatic rings. The van der Waals surface area contributed by atoms with Gasteiger partial charge in [0.15, 0.2) is 0 Å². The number of rotatable bonds is 4. The maximum absolute atomic E-state index is 11.7. The van der Waals surface area contributed by atoms with Gasteiger partial charge in [0, 0.05) is 25.5 Å². The molecule has 0 spiro atoms. The van der Waals surface area contributed by atoms with Gasteiger partial charge in [-0.05, 0) is 6.92 Å². The SMILES string of the molecule is CCOC(=O)c1nnc(N2CC(CO)CC2=O)s1. The summed E-state index contributed by atoms with van der Waals surface area (Å²) in [6.45, 7) is 2.34. The van der Waals surface area contributed by atoms with Crippen LogP contribution in [0, 0.1) is 5.92 Å². The minimum Gasteiger partial charge on any atom is -0.461 e. The van der Waals surface area contributed by atoms with Crippen LogP contribution in [-0.4, -0.2) is 46.9 Å². The summed E-state index contributed by atoms with van der Waals surface area (Å²) in [5, 5.41) is 17.0. The van der Waals surface area contributed by atoms with Gasteiger partial charge < -0.3 is 9.84 Å². The molecular formula is C10H13N3O4S. The number of carbonyl (C=O) groups excluding carboxylic acids is 2. The van der Waals surface area contributed by atoms with E-state index in [-0.39, 0.29) is 30.0 Å². The first-order chi connectivity index (χ1) is 8.65. The van der Waals surface area contributed by atoms with Crippen molar-refractivity contribution >= 4 is 28.3 Å². The van der Waals surface area contributed by atoms with Crippen molar-refractivity contribution in [1.29, 1.82) is 0 Å². The van der Waals surface area contributed by atoms with Gasteiger partial charge in [-0.1, -0.05) is 11.3 Å². The quantitative estimate of drug-likeness (QED) is 0.778. The first kappa shape index (κ1) is 12.9. The Kier molecular flexibility index (Phi) is 3.87. The number of anilines is 1. The number of hydrogen-bond acceptors (Lipinski definition) is 7. The minimum absolute atomic E-state index is 0.0359. The second-order valence-corrected chi connectivity index (χ2v) is 4.82. The molecule has 1 aromatic rings. The van der Waals surface area contributed by atoms with E-state index >= 15 is 0 Å². The second kappa shape index (κ2) is 5.40. The zero-order valence-corrected chi connectivity index (χ0v) is 10.6. The first-order valence-electron chi connectivity index (χ1n) is 5.57. The molecule has 2 heterocycles. The number of ether oxygens (including phenoxy) is 1. The largest absolute Gasteiger partial charge is 0.461 e. The molecule has 1 aliphatic heterocycles. The Bertz CT molecular complexity index is 462. The molecule has 7 nitrogen and oxygen atoms in total. The summed E-state index contributed by atoms with van der Waals surface area (Å²) in [5.74, 6) is -0.723. The summed E-state index contributed by atoms with van der Waals surface area (Å²) in [4.78, 5) is 24.5. The summed E-state index contributed by atoms with van der Waals surface area (Å²) in [7, 11) is 0. The van der Waals surface area contributed by atoms with Crippen LogP contribution in [0.15, 0.2) is 0 Å². The molecule has 0 bridgehead atoms. The Morgan fingerprint density at radius 1 is 1.61 bits per heavy atom. The predicted molar refractivity (Wildman–Crippen MR) is 63.4 cm³/mol. The standard InChI is InChI=1S/C10H13N3O4S/c1-2-17-9(16)8-11-12-10(18-8)13-4-6(5-14)3-7(13)15/h6,14H,2-5H2,1H3. The fourth-order valence-electron chi connectivity index (χ4n) is 1.69. The molecular weight excluding hydrogens is 258 g/mol. The van der Waals surface area contributed by atoms with Crippen LogP contribution >= 0.6 is 11.3 Å². The van der Waals surface area contributed by atoms with Gasteiger partial charge in [0.05, 0.1) is 6.61 Å². The van der Waals surface area contributed by atoms with Crippen LogP contribution in [0.1, 0.15) is 23.1 Å². The first-order valence-corrected chi connectivity index (χ1v) is 6.39. The average Bonchev–Trinajstić information content (AvgIpc) is 2.95. The highest BCUT2D eigenvalue weighted by Gasteiger charge is 2.32. The van der Waals surface area contributed by atoms with Crippen molar-refractivity contribution in [1.82, 2.24) is 10.2 Å². The van der Waals surface area contributed by atoms with Crippen molar-refractivity contribution in [3.63, 3.8) is 0 Å². The lowest BCUT2D eigenvalue weighted by Crippen LogP contribution is -2.24. The van der Waals surface area contributed by atoms with Gasteiger partial charge in [0.2, 0.25) is 16.0 Å². The molecule has 1 N–H and O–H groups in total. The highest BCUT2D eigenvalue weighted by molar-refractivity contribution is 7.17. The van der Waals surface area contributed by atoms with Crippen molar-refractivity contribution in [3.05, 3.63) is 5.01 Å². The fourth-order valence-corrected chi connectivity index (χ4v) is 2.45. The molecule has 1 amide bonds. The van der Waals surface area contributed by atoms with E-state index in [1.807, 2.05) is 0 Å². The summed E-state index contributed by atoms with van der Waals surface area (Å²) >= 11 is 1.02. The van der Waals surface area contributed by atoms with Crippen molar-refractivity contribution in [2.24, 2.45) is 5.92 Å². The third kappa shape index (κ3) is 2.49. The lowest BCUT2D eigenvalue weighted by molar-refractivity contribution is -0.117. The molecule has 18 heavy (non-hydrogen) atoms. The third-order valence-corrected chi connectivity index (χ3v) is 3.48. The zero-order valence-electron chi connectivity index (χ0n) is 9.83. The van der Waals surface area contributed by atoms with Crippen LogP contribution in [0.4, 0.5) is 5.13 Å². The molecule has 1 unspecified atom stereocenters. The van der Waals surface area contributed by atoms with Gasteiger partial charge in [0.1, 0.15) is 0 Å². The van der Waals surface area contributed by atoms with Crippen LogP contribution in [-0.2, 0) is 9.53 Å². The monoisotopic (exact) mass is 271 g/mol. The highest BCUT2D eigenvalue weighted by Crippen LogP contribution is 2.27. The molecule has 98 valence electrons. The van der Waals surface area contributed by atoms with Gasteiger partial charge in [0.25, 0.3) is 0 Å². The Morgan fingerprint density at radius 2 is 2.39 bits per heavy atom. The number of amides is 1. The Hall–Kier alpha value is -1.54. The van der Waals surface area contributed by atoms with E-state index in [0.717, 1.165) is 11.3 Å². The molecule has 8 heteroatoms. The van der Waals surface area contributed by atoms with E-state index in [4.69, 9.17) is 9.84 Å². The number of aromatic nitrogens is 2. The molecule has 0 radical (unpaired) electrons. The summed E-state index contributed by atoms with van der Waals surface area (Å²) in [5.41, 5.74) is 0. The smallest absolute Gasteiger partial charge is 0.369 e. The molecule has 2 rings (SSSR count). The number of aliphatic hydroxyl groups is 1. The van der Waals surface area contributed by atoms with Crippen LogP contribution < -0.4 is 4.90 Å². The lowest BCUT2D eigenvalue weighted by Gasteiger charge is -2.10. The Labute approximate surface area is 107 Å². The fraction of sp³-hybridized carbons (Fsp3) is 0.600. The van der Waals surface area contributed by atoms with E-state index < -0.39 is 5.97 Å². The number of carbonyl (C=O) groups is 2. The molecule has 0 aromatic carbocycles. The average molecular weight is 271 g/mol. The maximum atomic E-state index is 11.7. The number of nitrogens with zero attached hydrogens (tertiary/aromatic N) is 3. The van der Waals surface area contributed by atoms with Gasteiger partial charge in [-0.25, -0.2) is 4.79 Å². The Morgan fingerprint density at radius 3 is 3.00 bits per heavy atom. The van der Waals surface area contributed by atoms with Gasteiger partial charge in [-0.2, -0.15) is 0 Å². The van der Waals surface area contributed by atoms with E-state index in [0.29, 0.717) is 18.1 Å². The minimum atomic E-state index is -0.536. The van der Waals surface area contributed by atoms with E-state index in [1.54, 1.807) is 6.92 Å². The normalized spacial score (nSPS) is 19.3. The number of esters is 1. The molecule has 1 aromatic heterocycles. The van der Waals surface area contributed by atoms with E-state index in [1.165, 1.54) is 4.90 Å². The van der Waals surface area contributed by atoms with Crippen molar-refractivity contribution in [2.45, 2.75) is 13.3 Å². The molecule has 1 fully saturated rings. The molecule has 1 saturated heterocycles. The predicted octanol–water partition coefficient (Wildman–Crippen LogP) is 0.0600. The van der Waals surface area contributed by atoms with Crippen LogP contribution in [0.3, 0.4) is 0 Å². The summed E-state index contributed by atoms with van der Waals surface area (Å²) < 4.78 is 4.80. The zero-order chi connectivity index (χ0) is 13.1. The molecule has 0 saturated carbocycles. The number of hydrogen-bond donors (Lipinski definition) is 1. The van der Waals surface area contributed by atoms with Crippen molar-refractivity contribution in [2.75, 3.05) is 24.7 Å². The summed E-state index contributed by atoms with van der Waals surface area (Å²) in [6, 6.07) is 0. The maximum Gasteiger partial charge on any atom is 0.369 e. The topological polar surface area (TPSA) is 92.6 Å². The Balaban J connectivity index is 2.11. The third-order valence-electron chi connectivity index (χ3n) is 2.56. The summed E-state index contributed by atoms with van der Waals surface area (Å²) in [6.07, 6.45) is 0.296. The molecule has 1 atom stereocenters.